The summed E-state index contributed by atoms with van der Waals surface area (Å²) in [5.74, 6) is -2.22. The zero-order valence-electron chi connectivity index (χ0n) is 15.8. The average Bonchev–Trinajstić information content (AvgIpc) is 2.70. The lowest BCUT2D eigenvalue weighted by molar-refractivity contribution is 0.589. The number of aryl methyl sites for hydroxylation is 1. The molecule has 0 saturated carbocycles. The Morgan fingerprint density at radius 2 is 1.28 bits per heavy atom. The van der Waals surface area contributed by atoms with Gasteiger partial charge in [0.15, 0.2) is 0 Å². The predicted octanol–water partition coefficient (Wildman–Crippen LogP) is 8.20. The van der Waals surface area contributed by atoms with Crippen molar-refractivity contribution in [3.8, 4) is 22.3 Å². The molecule has 29 heavy (non-hydrogen) atoms. The summed E-state index contributed by atoms with van der Waals surface area (Å²) in [5, 5.41) is 2.00. The van der Waals surface area contributed by atoms with Gasteiger partial charge in [-0.15, -0.1) is 0 Å². The molecule has 146 valence electrons. The number of hydrogen-bond donors (Lipinski definition) is 0. The second kappa shape index (κ2) is 7.92. The van der Waals surface area contributed by atoms with Crippen molar-refractivity contribution in [2.24, 2.45) is 0 Å². The Morgan fingerprint density at radius 1 is 0.655 bits per heavy atom. The maximum absolute atomic E-state index is 14.8. The van der Waals surface area contributed by atoms with Gasteiger partial charge >= 0.3 is 0 Å². The van der Waals surface area contributed by atoms with Crippen LogP contribution in [0.15, 0.2) is 66.7 Å². The molecular formula is C25H18ClF3. The Balaban J connectivity index is 1.75. The second-order valence-corrected chi connectivity index (χ2v) is 7.50. The molecule has 0 aliphatic carbocycles. The molecule has 0 atom stereocenters. The smallest absolute Gasteiger partial charge is 0.142 e. The zero-order valence-corrected chi connectivity index (χ0v) is 16.5. The Bertz CT molecular complexity index is 1190. The highest BCUT2D eigenvalue weighted by molar-refractivity contribution is 6.30. The van der Waals surface area contributed by atoms with Gasteiger partial charge in [-0.3, -0.25) is 0 Å². The maximum Gasteiger partial charge on any atom is 0.142 e. The summed E-state index contributed by atoms with van der Waals surface area (Å²) < 4.78 is 43.3. The molecule has 0 aliphatic rings. The fourth-order valence-corrected chi connectivity index (χ4v) is 3.70. The van der Waals surface area contributed by atoms with Crippen LogP contribution in [-0.2, 0) is 6.42 Å². The van der Waals surface area contributed by atoms with Crippen LogP contribution in [0.5, 0.6) is 0 Å². The van der Waals surface area contributed by atoms with Gasteiger partial charge in [-0.2, -0.15) is 0 Å². The van der Waals surface area contributed by atoms with Gasteiger partial charge in [0, 0.05) is 0 Å². The first-order valence-electron chi connectivity index (χ1n) is 9.44. The molecule has 0 aromatic heterocycles. The van der Waals surface area contributed by atoms with Gasteiger partial charge in [-0.1, -0.05) is 61.3 Å². The summed E-state index contributed by atoms with van der Waals surface area (Å²) >= 11 is 5.67. The van der Waals surface area contributed by atoms with E-state index in [1.807, 2.05) is 24.3 Å². The van der Waals surface area contributed by atoms with Crippen molar-refractivity contribution >= 4 is 22.4 Å². The van der Waals surface area contributed by atoms with E-state index in [0.29, 0.717) is 11.1 Å². The Kier molecular flexibility index (Phi) is 5.33. The number of rotatable bonds is 4. The molecule has 0 nitrogen and oxygen atoms in total. The first-order valence-corrected chi connectivity index (χ1v) is 9.81. The minimum atomic E-state index is -0.750. The molecule has 4 aromatic rings. The summed E-state index contributed by atoms with van der Waals surface area (Å²) in [7, 11) is 0. The van der Waals surface area contributed by atoms with Gasteiger partial charge in [0.05, 0.1) is 10.6 Å². The van der Waals surface area contributed by atoms with Crippen LogP contribution in [0.2, 0.25) is 5.02 Å². The molecule has 0 N–H and O–H groups in total. The zero-order chi connectivity index (χ0) is 20.5. The Morgan fingerprint density at radius 3 is 1.97 bits per heavy atom. The molecule has 0 amide bonds. The molecule has 0 radical (unpaired) electrons. The van der Waals surface area contributed by atoms with Gasteiger partial charge < -0.3 is 0 Å². The van der Waals surface area contributed by atoms with Gasteiger partial charge in [0.25, 0.3) is 0 Å². The number of fused-ring (bicyclic) bond motifs is 1. The van der Waals surface area contributed by atoms with E-state index in [0.717, 1.165) is 29.7 Å². The molecule has 0 aliphatic heterocycles. The lowest BCUT2D eigenvalue weighted by Crippen LogP contribution is -1.93. The summed E-state index contributed by atoms with van der Waals surface area (Å²) in [6.07, 6.45) is 2.09. The lowest BCUT2D eigenvalue weighted by Gasteiger charge is -2.11. The van der Waals surface area contributed by atoms with Gasteiger partial charge in [-0.05, 0) is 69.8 Å². The maximum atomic E-state index is 14.8. The first-order chi connectivity index (χ1) is 14.0. The van der Waals surface area contributed by atoms with Crippen LogP contribution >= 0.6 is 11.6 Å². The van der Waals surface area contributed by atoms with Gasteiger partial charge in [0.2, 0.25) is 0 Å². The molecule has 0 spiro atoms. The van der Waals surface area contributed by atoms with E-state index in [2.05, 4.69) is 19.1 Å². The van der Waals surface area contributed by atoms with E-state index in [1.165, 1.54) is 29.8 Å². The molecule has 4 rings (SSSR count). The first kappa shape index (κ1) is 19.5. The normalized spacial score (nSPS) is 11.2. The van der Waals surface area contributed by atoms with Crippen LogP contribution in [0.25, 0.3) is 33.0 Å². The average molecular weight is 411 g/mol. The topological polar surface area (TPSA) is 0 Å². The van der Waals surface area contributed by atoms with E-state index in [1.54, 1.807) is 0 Å². The van der Waals surface area contributed by atoms with Crippen LogP contribution in [-0.4, -0.2) is 0 Å². The number of benzene rings is 4. The van der Waals surface area contributed by atoms with E-state index < -0.39 is 17.5 Å². The Labute approximate surface area is 172 Å². The third-order valence-corrected chi connectivity index (χ3v) is 5.33. The van der Waals surface area contributed by atoms with E-state index in [-0.39, 0.29) is 16.1 Å². The lowest BCUT2D eigenvalue weighted by atomic mass is 9.96. The van der Waals surface area contributed by atoms with Crippen molar-refractivity contribution in [2.75, 3.05) is 0 Å². The standard InChI is InChI=1S/C25H18ClF3/c1-2-3-15-4-5-17-11-18(7-6-16(17)10-15)20-13-23(28)25(24(29)14-20)19-8-9-21(26)22(27)12-19/h4-14H,2-3H2,1H3. The number of halogens is 4. The molecular weight excluding hydrogens is 393 g/mol. The number of hydrogen-bond acceptors (Lipinski definition) is 0. The van der Waals surface area contributed by atoms with Gasteiger partial charge in [-0.25, -0.2) is 13.2 Å². The van der Waals surface area contributed by atoms with Crippen LogP contribution < -0.4 is 0 Å². The van der Waals surface area contributed by atoms with Gasteiger partial charge in [0.1, 0.15) is 17.5 Å². The molecule has 0 saturated heterocycles. The van der Waals surface area contributed by atoms with Crippen molar-refractivity contribution in [1.29, 1.82) is 0 Å². The molecule has 0 unspecified atom stereocenters. The van der Waals surface area contributed by atoms with Crippen molar-refractivity contribution in [3.63, 3.8) is 0 Å². The van der Waals surface area contributed by atoms with Crippen molar-refractivity contribution in [3.05, 3.63) is 94.8 Å². The van der Waals surface area contributed by atoms with Crippen LogP contribution in [0.4, 0.5) is 13.2 Å². The monoisotopic (exact) mass is 410 g/mol. The third kappa shape index (κ3) is 3.88. The largest absolute Gasteiger partial charge is 0.206 e. The summed E-state index contributed by atoms with van der Waals surface area (Å²) in [5.41, 5.74) is 2.25. The van der Waals surface area contributed by atoms with Crippen molar-refractivity contribution in [2.45, 2.75) is 19.8 Å². The summed E-state index contributed by atoms with van der Waals surface area (Å²) in [4.78, 5) is 0. The molecule has 4 aromatic carbocycles. The van der Waals surface area contributed by atoms with Crippen LogP contribution in [0.1, 0.15) is 18.9 Å². The van der Waals surface area contributed by atoms with Crippen LogP contribution in [0.3, 0.4) is 0 Å². The quantitative estimate of drug-likeness (QED) is 0.318. The highest BCUT2D eigenvalue weighted by atomic mass is 35.5. The van der Waals surface area contributed by atoms with E-state index in [9.17, 15) is 13.2 Å². The minimum absolute atomic E-state index is 0.0931. The molecule has 0 fully saturated rings. The second-order valence-electron chi connectivity index (χ2n) is 7.09. The van der Waals surface area contributed by atoms with Crippen LogP contribution in [0, 0.1) is 17.5 Å². The predicted molar refractivity (Wildman–Crippen MR) is 114 cm³/mol. The third-order valence-electron chi connectivity index (χ3n) is 5.03. The fraction of sp³-hybridized carbons (Fsp3) is 0.120. The van der Waals surface area contributed by atoms with E-state index >= 15 is 0 Å². The molecule has 0 bridgehead atoms. The highest BCUT2D eigenvalue weighted by Gasteiger charge is 2.16. The summed E-state index contributed by atoms with van der Waals surface area (Å²) in [6.45, 7) is 2.14. The SMILES string of the molecule is CCCc1ccc2cc(-c3cc(F)c(-c4ccc(Cl)c(F)c4)c(F)c3)ccc2c1. The highest BCUT2D eigenvalue weighted by Crippen LogP contribution is 2.33. The summed E-state index contributed by atoms with van der Waals surface area (Å²) in [6, 6.07) is 18.3. The molecule has 4 heteroatoms. The minimum Gasteiger partial charge on any atom is -0.206 e. The van der Waals surface area contributed by atoms with Crippen molar-refractivity contribution < 1.29 is 13.2 Å². The fourth-order valence-electron chi connectivity index (χ4n) is 3.59. The Hall–Kier alpha value is -2.78. The van der Waals surface area contributed by atoms with E-state index in [4.69, 9.17) is 11.6 Å². The molecule has 0 heterocycles. The van der Waals surface area contributed by atoms with Crippen molar-refractivity contribution in [1.82, 2.24) is 0 Å².